The predicted octanol–water partition coefficient (Wildman–Crippen LogP) is 0.359. The normalized spacial score (nSPS) is 28.1. The topological polar surface area (TPSA) is 52.6 Å². The molecule has 2 aliphatic rings. The Kier molecular flexibility index (Phi) is 4.18. The van der Waals surface area contributed by atoms with Gasteiger partial charge in [-0.25, -0.2) is 0 Å². The molecule has 92 valence electrons. The number of likely N-dealkylation sites (tertiary alicyclic amines) is 1. The standard InChI is InChI=1S/C12H22N2O2/c15-9-11-3-1-2-8-14(11)12(16)10-4-6-13-7-5-10/h10-11,13,15H,1-9H2. The maximum Gasteiger partial charge on any atom is 0.226 e. The van der Waals surface area contributed by atoms with Gasteiger partial charge in [0.05, 0.1) is 12.6 Å². The number of nitrogens with zero attached hydrogens (tertiary/aromatic N) is 1. The molecule has 2 aliphatic heterocycles. The molecule has 0 aromatic heterocycles. The van der Waals surface area contributed by atoms with Crippen LogP contribution in [-0.2, 0) is 4.79 Å². The van der Waals surface area contributed by atoms with Crippen LogP contribution in [0.3, 0.4) is 0 Å². The van der Waals surface area contributed by atoms with Crippen LogP contribution in [0.4, 0.5) is 0 Å². The Hall–Kier alpha value is -0.610. The van der Waals surface area contributed by atoms with E-state index in [0.717, 1.165) is 51.7 Å². The quantitative estimate of drug-likeness (QED) is 0.715. The molecule has 0 aromatic rings. The Morgan fingerprint density at radius 3 is 2.69 bits per heavy atom. The number of carbonyl (C=O) groups is 1. The fraction of sp³-hybridized carbons (Fsp3) is 0.917. The highest BCUT2D eigenvalue weighted by Crippen LogP contribution is 2.22. The van der Waals surface area contributed by atoms with E-state index in [-0.39, 0.29) is 24.5 Å². The SMILES string of the molecule is O=C(C1CCNCC1)N1CCCCC1CO. The second-order valence-corrected chi connectivity index (χ2v) is 4.89. The molecule has 2 N–H and O–H groups in total. The molecular weight excluding hydrogens is 204 g/mol. The molecule has 0 saturated carbocycles. The van der Waals surface area contributed by atoms with Crippen LogP contribution in [0.1, 0.15) is 32.1 Å². The minimum Gasteiger partial charge on any atom is -0.394 e. The number of carbonyl (C=O) groups excluding carboxylic acids is 1. The number of hydrogen-bond acceptors (Lipinski definition) is 3. The summed E-state index contributed by atoms with van der Waals surface area (Å²) in [4.78, 5) is 14.2. The number of rotatable bonds is 2. The van der Waals surface area contributed by atoms with Gasteiger partial charge in [0.25, 0.3) is 0 Å². The minimum absolute atomic E-state index is 0.0798. The molecule has 4 nitrogen and oxygen atoms in total. The van der Waals surface area contributed by atoms with Gasteiger partial charge in [0.15, 0.2) is 0 Å². The molecule has 1 unspecified atom stereocenters. The first-order valence-corrected chi connectivity index (χ1v) is 6.45. The van der Waals surface area contributed by atoms with E-state index in [4.69, 9.17) is 0 Å². The Bertz CT molecular complexity index is 239. The Morgan fingerprint density at radius 2 is 2.00 bits per heavy atom. The zero-order chi connectivity index (χ0) is 11.4. The van der Waals surface area contributed by atoms with Gasteiger partial charge in [0.2, 0.25) is 5.91 Å². The van der Waals surface area contributed by atoms with Crippen molar-refractivity contribution in [1.82, 2.24) is 10.2 Å². The van der Waals surface area contributed by atoms with E-state index in [1.165, 1.54) is 0 Å². The van der Waals surface area contributed by atoms with Crippen molar-refractivity contribution in [1.29, 1.82) is 0 Å². The number of piperidine rings is 2. The zero-order valence-electron chi connectivity index (χ0n) is 9.82. The van der Waals surface area contributed by atoms with Crippen molar-refractivity contribution in [2.45, 2.75) is 38.1 Å². The van der Waals surface area contributed by atoms with Crippen molar-refractivity contribution in [2.75, 3.05) is 26.2 Å². The van der Waals surface area contributed by atoms with Crippen molar-refractivity contribution in [3.8, 4) is 0 Å². The summed E-state index contributed by atoms with van der Waals surface area (Å²) >= 11 is 0. The number of aliphatic hydroxyl groups excluding tert-OH is 1. The van der Waals surface area contributed by atoms with Gasteiger partial charge in [-0.3, -0.25) is 4.79 Å². The van der Waals surface area contributed by atoms with Crippen molar-refractivity contribution in [3.63, 3.8) is 0 Å². The molecule has 0 bridgehead atoms. The first kappa shape index (κ1) is 11.9. The molecule has 2 heterocycles. The fourth-order valence-corrected chi connectivity index (χ4v) is 2.78. The predicted molar refractivity (Wildman–Crippen MR) is 62.0 cm³/mol. The van der Waals surface area contributed by atoms with Gasteiger partial charge in [0.1, 0.15) is 0 Å². The lowest BCUT2D eigenvalue weighted by atomic mass is 9.93. The van der Waals surface area contributed by atoms with Crippen LogP contribution in [0.2, 0.25) is 0 Å². The van der Waals surface area contributed by atoms with Crippen LogP contribution >= 0.6 is 0 Å². The van der Waals surface area contributed by atoms with E-state index in [1.54, 1.807) is 0 Å². The van der Waals surface area contributed by atoms with Crippen molar-refractivity contribution < 1.29 is 9.90 Å². The third-order valence-corrected chi connectivity index (χ3v) is 3.81. The van der Waals surface area contributed by atoms with Crippen LogP contribution in [-0.4, -0.2) is 48.2 Å². The van der Waals surface area contributed by atoms with E-state index in [9.17, 15) is 9.90 Å². The molecule has 4 heteroatoms. The first-order chi connectivity index (χ1) is 7.83. The lowest BCUT2D eigenvalue weighted by molar-refractivity contribution is -0.141. The third-order valence-electron chi connectivity index (χ3n) is 3.81. The van der Waals surface area contributed by atoms with Crippen LogP contribution in [0.25, 0.3) is 0 Å². The van der Waals surface area contributed by atoms with Crippen molar-refractivity contribution >= 4 is 5.91 Å². The fourth-order valence-electron chi connectivity index (χ4n) is 2.78. The van der Waals surface area contributed by atoms with Gasteiger partial charge in [0, 0.05) is 12.5 Å². The van der Waals surface area contributed by atoms with E-state index in [1.807, 2.05) is 4.90 Å². The largest absolute Gasteiger partial charge is 0.394 e. The summed E-state index contributed by atoms with van der Waals surface area (Å²) in [5, 5.41) is 12.6. The molecule has 0 radical (unpaired) electrons. The smallest absolute Gasteiger partial charge is 0.226 e. The molecule has 1 atom stereocenters. The lowest BCUT2D eigenvalue weighted by Crippen LogP contribution is -2.49. The molecule has 16 heavy (non-hydrogen) atoms. The molecule has 0 aliphatic carbocycles. The van der Waals surface area contributed by atoms with E-state index in [0.29, 0.717) is 0 Å². The maximum atomic E-state index is 12.3. The average Bonchev–Trinajstić information content (AvgIpc) is 2.39. The highest BCUT2D eigenvalue weighted by Gasteiger charge is 2.31. The van der Waals surface area contributed by atoms with Crippen LogP contribution in [0, 0.1) is 5.92 Å². The minimum atomic E-state index is 0.0798. The Morgan fingerprint density at radius 1 is 1.25 bits per heavy atom. The van der Waals surface area contributed by atoms with Gasteiger partial charge >= 0.3 is 0 Å². The van der Waals surface area contributed by atoms with Gasteiger partial charge < -0.3 is 15.3 Å². The van der Waals surface area contributed by atoms with Crippen molar-refractivity contribution in [2.24, 2.45) is 5.92 Å². The molecule has 0 aromatic carbocycles. The maximum absolute atomic E-state index is 12.3. The second kappa shape index (κ2) is 5.64. The molecule has 0 spiro atoms. The highest BCUT2D eigenvalue weighted by atomic mass is 16.3. The summed E-state index contributed by atoms with van der Waals surface area (Å²) in [6.45, 7) is 2.87. The third kappa shape index (κ3) is 2.55. The number of aliphatic hydroxyl groups is 1. The second-order valence-electron chi connectivity index (χ2n) is 4.89. The van der Waals surface area contributed by atoms with Gasteiger partial charge in [-0.15, -0.1) is 0 Å². The molecule has 2 saturated heterocycles. The highest BCUT2D eigenvalue weighted by molar-refractivity contribution is 5.79. The van der Waals surface area contributed by atoms with Gasteiger partial charge in [-0.1, -0.05) is 0 Å². The summed E-state index contributed by atoms with van der Waals surface area (Å²) in [6, 6.07) is 0.0798. The molecule has 2 rings (SSSR count). The number of amides is 1. The summed E-state index contributed by atoms with van der Waals surface area (Å²) in [5.74, 6) is 0.466. The van der Waals surface area contributed by atoms with Gasteiger partial charge in [-0.2, -0.15) is 0 Å². The first-order valence-electron chi connectivity index (χ1n) is 6.45. The Labute approximate surface area is 97.0 Å². The van der Waals surface area contributed by atoms with Crippen LogP contribution < -0.4 is 5.32 Å². The summed E-state index contributed by atoms with van der Waals surface area (Å²) < 4.78 is 0. The Balaban J connectivity index is 1.95. The van der Waals surface area contributed by atoms with Crippen LogP contribution in [0.15, 0.2) is 0 Å². The summed E-state index contributed by atoms with van der Waals surface area (Å²) in [6.07, 6.45) is 5.10. The van der Waals surface area contributed by atoms with E-state index >= 15 is 0 Å². The molecule has 1 amide bonds. The lowest BCUT2D eigenvalue weighted by Gasteiger charge is -2.37. The summed E-state index contributed by atoms with van der Waals surface area (Å²) in [5.41, 5.74) is 0. The zero-order valence-corrected chi connectivity index (χ0v) is 9.82. The summed E-state index contributed by atoms with van der Waals surface area (Å²) in [7, 11) is 0. The van der Waals surface area contributed by atoms with E-state index in [2.05, 4.69) is 5.32 Å². The monoisotopic (exact) mass is 226 g/mol. The van der Waals surface area contributed by atoms with Crippen LogP contribution in [0.5, 0.6) is 0 Å². The van der Waals surface area contributed by atoms with E-state index < -0.39 is 0 Å². The average molecular weight is 226 g/mol. The molecule has 2 fully saturated rings. The van der Waals surface area contributed by atoms with Crippen molar-refractivity contribution in [3.05, 3.63) is 0 Å². The van der Waals surface area contributed by atoms with Gasteiger partial charge in [-0.05, 0) is 45.2 Å². The number of nitrogens with one attached hydrogen (secondary N) is 1. The number of hydrogen-bond donors (Lipinski definition) is 2. The molecular formula is C12H22N2O2.